The maximum absolute atomic E-state index is 13.0. The van der Waals surface area contributed by atoms with Gasteiger partial charge in [0.25, 0.3) is 0 Å². The number of esters is 1. The van der Waals surface area contributed by atoms with Crippen molar-refractivity contribution in [3.63, 3.8) is 0 Å². The van der Waals surface area contributed by atoms with Gasteiger partial charge in [0.15, 0.2) is 11.5 Å². The van der Waals surface area contributed by atoms with Crippen molar-refractivity contribution in [1.29, 1.82) is 0 Å². The number of halogens is 4. The molecule has 1 N–H and O–H groups in total. The molecule has 5 nitrogen and oxygen atoms in total. The Morgan fingerprint density at radius 3 is 2.43 bits per heavy atom. The molecule has 28 heavy (non-hydrogen) atoms. The number of alkyl halides is 3. The first-order valence-corrected chi connectivity index (χ1v) is 8.32. The van der Waals surface area contributed by atoms with Gasteiger partial charge >= 0.3 is 12.1 Å². The predicted molar refractivity (Wildman–Crippen MR) is 94.2 cm³/mol. The molecule has 0 fully saturated rings. The second-order valence-corrected chi connectivity index (χ2v) is 5.82. The summed E-state index contributed by atoms with van der Waals surface area (Å²) in [5, 5.41) is 2.91. The summed E-state index contributed by atoms with van der Waals surface area (Å²) in [6, 6.07) is 8.58. The highest BCUT2D eigenvalue weighted by Crippen LogP contribution is 2.31. The molecule has 0 saturated heterocycles. The van der Waals surface area contributed by atoms with Gasteiger partial charge in [0.1, 0.15) is 5.82 Å². The zero-order valence-corrected chi connectivity index (χ0v) is 14.7. The predicted octanol–water partition coefficient (Wildman–Crippen LogP) is 4.58. The van der Waals surface area contributed by atoms with E-state index in [2.05, 4.69) is 15.3 Å². The van der Waals surface area contributed by atoms with Crippen LogP contribution in [0.15, 0.2) is 42.5 Å². The number of ether oxygens (including phenoxy) is 1. The van der Waals surface area contributed by atoms with Crippen LogP contribution in [0, 0.1) is 5.82 Å². The van der Waals surface area contributed by atoms with Crippen LogP contribution in [0.4, 0.5) is 23.4 Å². The van der Waals surface area contributed by atoms with Gasteiger partial charge in [-0.05, 0) is 42.8 Å². The number of benzene rings is 2. The molecule has 1 heterocycles. The fourth-order valence-corrected chi connectivity index (χ4v) is 2.48. The largest absolute Gasteiger partial charge is 0.461 e. The third kappa shape index (κ3) is 4.36. The third-order valence-electron chi connectivity index (χ3n) is 3.83. The lowest BCUT2D eigenvalue weighted by Gasteiger charge is -2.12. The van der Waals surface area contributed by atoms with Gasteiger partial charge in [-0.2, -0.15) is 13.2 Å². The first-order valence-electron chi connectivity index (χ1n) is 8.32. The van der Waals surface area contributed by atoms with Crippen molar-refractivity contribution >= 4 is 22.8 Å². The Morgan fingerprint density at radius 1 is 1.07 bits per heavy atom. The molecule has 3 aromatic rings. The van der Waals surface area contributed by atoms with E-state index in [1.165, 1.54) is 18.2 Å². The summed E-state index contributed by atoms with van der Waals surface area (Å²) in [6.07, 6.45) is -4.54. The van der Waals surface area contributed by atoms with Crippen LogP contribution >= 0.6 is 0 Å². The molecule has 0 bridgehead atoms. The van der Waals surface area contributed by atoms with Crippen molar-refractivity contribution in [3.05, 3.63) is 65.1 Å². The number of fused-ring (bicyclic) bond motifs is 1. The number of nitrogens with zero attached hydrogens (tertiary/aromatic N) is 2. The summed E-state index contributed by atoms with van der Waals surface area (Å²) >= 11 is 0. The van der Waals surface area contributed by atoms with Crippen LogP contribution < -0.4 is 5.32 Å². The van der Waals surface area contributed by atoms with E-state index < -0.39 is 17.7 Å². The maximum Gasteiger partial charge on any atom is 0.416 e. The standard InChI is InChI=1S/C19H15F4N3O2/c1-2-28-18(27)16-17(24-10-11-3-6-13(20)7-4-11)26-14-8-5-12(19(21,22)23)9-15(14)25-16/h3-9H,2,10H2,1H3,(H,24,26). The van der Waals surface area contributed by atoms with Crippen molar-refractivity contribution in [2.75, 3.05) is 11.9 Å². The van der Waals surface area contributed by atoms with Crippen molar-refractivity contribution in [2.45, 2.75) is 19.6 Å². The molecule has 0 aliphatic carbocycles. The first-order chi connectivity index (χ1) is 13.3. The van der Waals surface area contributed by atoms with Gasteiger partial charge < -0.3 is 10.1 Å². The van der Waals surface area contributed by atoms with E-state index in [9.17, 15) is 22.4 Å². The molecule has 146 valence electrons. The quantitative estimate of drug-likeness (QED) is 0.508. The topological polar surface area (TPSA) is 64.1 Å². The highest BCUT2D eigenvalue weighted by atomic mass is 19.4. The number of aromatic nitrogens is 2. The molecule has 0 aliphatic rings. The number of hydrogen-bond donors (Lipinski definition) is 1. The number of nitrogens with one attached hydrogen (secondary N) is 1. The lowest BCUT2D eigenvalue weighted by molar-refractivity contribution is -0.137. The summed E-state index contributed by atoms with van der Waals surface area (Å²) in [7, 11) is 0. The van der Waals surface area contributed by atoms with Crippen molar-refractivity contribution in [3.8, 4) is 0 Å². The van der Waals surface area contributed by atoms with E-state index in [0.29, 0.717) is 5.56 Å². The number of hydrogen-bond acceptors (Lipinski definition) is 5. The molecule has 0 aliphatic heterocycles. The number of anilines is 1. The number of carbonyl (C=O) groups excluding carboxylic acids is 1. The van der Waals surface area contributed by atoms with E-state index in [1.807, 2.05) is 0 Å². The second-order valence-electron chi connectivity index (χ2n) is 5.82. The van der Waals surface area contributed by atoms with Gasteiger partial charge in [-0.15, -0.1) is 0 Å². The highest BCUT2D eigenvalue weighted by Gasteiger charge is 2.31. The van der Waals surface area contributed by atoms with Gasteiger partial charge in [0.2, 0.25) is 0 Å². The maximum atomic E-state index is 13.0. The lowest BCUT2D eigenvalue weighted by Crippen LogP contribution is -2.14. The van der Waals surface area contributed by atoms with Crippen LogP contribution in [0.2, 0.25) is 0 Å². The van der Waals surface area contributed by atoms with Crippen molar-refractivity contribution < 1.29 is 27.1 Å². The highest BCUT2D eigenvalue weighted by molar-refractivity contribution is 5.95. The summed E-state index contributed by atoms with van der Waals surface area (Å²) in [5.74, 6) is -1.13. The minimum absolute atomic E-state index is 0.0648. The summed E-state index contributed by atoms with van der Waals surface area (Å²) in [5.41, 5.74) is -0.301. The Bertz CT molecular complexity index is 1000. The normalized spacial score (nSPS) is 11.5. The molecule has 0 amide bonds. The molecular formula is C19H15F4N3O2. The molecule has 2 aromatic carbocycles. The van der Waals surface area contributed by atoms with Crippen LogP contribution in [0.1, 0.15) is 28.5 Å². The summed E-state index contributed by atoms with van der Waals surface area (Å²) in [4.78, 5) is 20.5. The fraction of sp³-hybridized carbons (Fsp3) is 0.211. The van der Waals surface area contributed by atoms with Gasteiger partial charge in [-0.25, -0.2) is 19.2 Å². The van der Waals surface area contributed by atoms with E-state index >= 15 is 0 Å². The molecule has 3 rings (SSSR count). The van der Waals surface area contributed by atoms with Gasteiger partial charge in [-0.1, -0.05) is 12.1 Å². The molecular weight excluding hydrogens is 378 g/mol. The molecule has 0 saturated carbocycles. The van der Waals surface area contributed by atoms with Crippen LogP contribution in [0.5, 0.6) is 0 Å². The Morgan fingerprint density at radius 2 is 1.79 bits per heavy atom. The van der Waals surface area contributed by atoms with Gasteiger partial charge in [0, 0.05) is 6.54 Å². The second kappa shape index (κ2) is 7.79. The van der Waals surface area contributed by atoms with Crippen LogP contribution in [-0.4, -0.2) is 22.5 Å². The minimum atomic E-state index is -4.54. The molecule has 0 unspecified atom stereocenters. The molecule has 9 heteroatoms. The summed E-state index contributed by atoms with van der Waals surface area (Å²) < 4.78 is 56.7. The SMILES string of the molecule is CCOC(=O)c1nc2cc(C(F)(F)F)ccc2nc1NCc1ccc(F)cc1. The molecule has 0 atom stereocenters. The Balaban J connectivity index is 1.99. The number of rotatable bonds is 5. The Hall–Kier alpha value is -3.23. The Labute approximate surface area is 157 Å². The van der Waals surface area contributed by atoms with E-state index in [0.717, 1.165) is 12.1 Å². The zero-order chi connectivity index (χ0) is 20.3. The molecule has 1 aromatic heterocycles. The minimum Gasteiger partial charge on any atom is -0.461 e. The monoisotopic (exact) mass is 393 g/mol. The third-order valence-corrected chi connectivity index (χ3v) is 3.83. The van der Waals surface area contributed by atoms with Crippen LogP contribution in [-0.2, 0) is 17.5 Å². The van der Waals surface area contributed by atoms with E-state index in [-0.39, 0.29) is 41.5 Å². The fourth-order valence-electron chi connectivity index (χ4n) is 2.48. The Kier molecular flexibility index (Phi) is 5.43. The van der Waals surface area contributed by atoms with E-state index in [1.54, 1.807) is 19.1 Å². The van der Waals surface area contributed by atoms with Crippen LogP contribution in [0.25, 0.3) is 11.0 Å². The lowest BCUT2D eigenvalue weighted by atomic mass is 10.2. The van der Waals surface area contributed by atoms with Gasteiger partial charge in [0.05, 0.1) is 23.2 Å². The average molecular weight is 393 g/mol. The van der Waals surface area contributed by atoms with Crippen molar-refractivity contribution in [1.82, 2.24) is 9.97 Å². The van der Waals surface area contributed by atoms with Crippen LogP contribution in [0.3, 0.4) is 0 Å². The molecule has 0 radical (unpaired) electrons. The van der Waals surface area contributed by atoms with Crippen molar-refractivity contribution in [2.24, 2.45) is 0 Å². The number of carbonyl (C=O) groups is 1. The zero-order valence-electron chi connectivity index (χ0n) is 14.7. The summed E-state index contributed by atoms with van der Waals surface area (Å²) in [6.45, 7) is 1.87. The smallest absolute Gasteiger partial charge is 0.416 e. The first kappa shape index (κ1) is 19.5. The van der Waals surface area contributed by atoms with E-state index in [4.69, 9.17) is 4.74 Å². The molecule has 0 spiro atoms. The van der Waals surface area contributed by atoms with Gasteiger partial charge in [-0.3, -0.25) is 0 Å². The average Bonchev–Trinajstić information content (AvgIpc) is 2.66.